The zero-order chi connectivity index (χ0) is 7.98. The van der Waals surface area contributed by atoms with Gasteiger partial charge in [-0.2, -0.15) is 0 Å². The standard InChI is InChI=1S/C7H18N2O/c1-7(9(2)3)10-6-4-5-8/h7H,4-6,8H2,1-3H3. The van der Waals surface area contributed by atoms with Crippen molar-refractivity contribution in [2.45, 2.75) is 19.6 Å². The lowest BCUT2D eigenvalue weighted by molar-refractivity contribution is -0.0228. The summed E-state index contributed by atoms with van der Waals surface area (Å²) in [5.41, 5.74) is 5.30. The first-order chi connectivity index (χ1) is 4.68. The molecule has 3 heteroatoms. The number of hydrogen-bond donors (Lipinski definition) is 1. The number of nitrogens with zero attached hydrogens (tertiary/aromatic N) is 1. The van der Waals surface area contributed by atoms with E-state index in [2.05, 4.69) is 0 Å². The van der Waals surface area contributed by atoms with E-state index < -0.39 is 0 Å². The van der Waals surface area contributed by atoms with Crippen molar-refractivity contribution >= 4 is 0 Å². The Morgan fingerprint density at radius 3 is 2.50 bits per heavy atom. The van der Waals surface area contributed by atoms with Crippen LogP contribution < -0.4 is 5.73 Å². The highest BCUT2D eigenvalue weighted by Crippen LogP contribution is 1.93. The quantitative estimate of drug-likeness (QED) is 0.446. The first-order valence-electron chi connectivity index (χ1n) is 3.66. The van der Waals surface area contributed by atoms with Crippen LogP contribution >= 0.6 is 0 Å². The van der Waals surface area contributed by atoms with Gasteiger partial charge in [0.25, 0.3) is 0 Å². The predicted octanol–water partition coefficient (Wildman–Crippen LogP) is 0.259. The molecule has 0 spiro atoms. The van der Waals surface area contributed by atoms with Gasteiger partial charge in [0.05, 0.1) is 0 Å². The van der Waals surface area contributed by atoms with Gasteiger partial charge >= 0.3 is 0 Å². The zero-order valence-corrected chi connectivity index (χ0v) is 7.13. The minimum atomic E-state index is 0.201. The summed E-state index contributed by atoms with van der Waals surface area (Å²) in [6.45, 7) is 3.49. The molecule has 0 aliphatic rings. The second-order valence-electron chi connectivity index (χ2n) is 2.58. The van der Waals surface area contributed by atoms with Crippen LogP contribution in [0.25, 0.3) is 0 Å². The molecule has 0 aromatic rings. The monoisotopic (exact) mass is 146 g/mol. The van der Waals surface area contributed by atoms with E-state index in [1.807, 2.05) is 25.9 Å². The van der Waals surface area contributed by atoms with Crippen LogP contribution in [0.5, 0.6) is 0 Å². The van der Waals surface area contributed by atoms with E-state index in [-0.39, 0.29) is 6.23 Å². The molecule has 0 heterocycles. The van der Waals surface area contributed by atoms with Gasteiger partial charge in [0.1, 0.15) is 6.23 Å². The van der Waals surface area contributed by atoms with Crippen LogP contribution in [0.4, 0.5) is 0 Å². The Balaban J connectivity index is 3.13. The van der Waals surface area contributed by atoms with E-state index in [0.717, 1.165) is 13.0 Å². The van der Waals surface area contributed by atoms with Crippen molar-refractivity contribution in [2.75, 3.05) is 27.2 Å². The summed E-state index contributed by atoms with van der Waals surface area (Å²) in [5.74, 6) is 0. The normalized spacial score (nSPS) is 14.1. The van der Waals surface area contributed by atoms with Crippen molar-refractivity contribution in [2.24, 2.45) is 5.73 Å². The van der Waals surface area contributed by atoms with Crippen molar-refractivity contribution in [1.82, 2.24) is 4.90 Å². The highest BCUT2D eigenvalue weighted by Gasteiger charge is 2.01. The average molecular weight is 146 g/mol. The first-order valence-corrected chi connectivity index (χ1v) is 3.66. The summed E-state index contributed by atoms with van der Waals surface area (Å²) in [7, 11) is 3.99. The van der Waals surface area contributed by atoms with Crippen LogP contribution in [0.15, 0.2) is 0 Å². The third-order valence-electron chi connectivity index (χ3n) is 1.43. The molecule has 10 heavy (non-hydrogen) atoms. The summed E-state index contributed by atoms with van der Waals surface area (Å²) in [6, 6.07) is 0. The molecule has 0 saturated carbocycles. The molecule has 2 N–H and O–H groups in total. The van der Waals surface area contributed by atoms with Crippen LogP contribution in [-0.4, -0.2) is 38.4 Å². The number of hydrogen-bond acceptors (Lipinski definition) is 3. The van der Waals surface area contributed by atoms with E-state index in [9.17, 15) is 0 Å². The maximum absolute atomic E-state index is 5.39. The molecule has 0 bridgehead atoms. The molecule has 0 aromatic heterocycles. The van der Waals surface area contributed by atoms with E-state index in [4.69, 9.17) is 10.5 Å². The Bertz CT molecular complexity index is 76.0. The fourth-order valence-electron chi connectivity index (χ4n) is 0.486. The highest BCUT2D eigenvalue weighted by molar-refractivity contribution is 4.44. The van der Waals surface area contributed by atoms with Gasteiger partial charge in [-0.3, -0.25) is 4.90 Å². The Hall–Kier alpha value is -0.120. The fourth-order valence-corrected chi connectivity index (χ4v) is 0.486. The van der Waals surface area contributed by atoms with Crippen LogP contribution in [0.2, 0.25) is 0 Å². The molecule has 0 radical (unpaired) electrons. The molecule has 1 unspecified atom stereocenters. The Morgan fingerprint density at radius 2 is 2.10 bits per heavy atom. The van der Waals surface area contributed by atoms with E-state index in [0.29, 0.717) is 6.54 Å². The van der Waals surface area contributed by atoms with E-state index >= 15 is 0 Å². The van der Waals surface area contributed by atoms with Gasteiger partial charge in [0.2, 0.25) is 0 Å². The van der Waals surface area contributed by atoms with Gasteiger partial charge in [0.15, 0.2) is 0 Å². The van der Waals surface area contributed by atoms with Gasteiger partial charge in [-0.25, -0.2) is 0 Å². The molecule has 0 rings (SSSR count). The first kappa shape index (κ1) is 9.88. The Kier molecular flexibility index (Phi) is 5.58. The lowest BCUT2D eigenvalue weighted by atomic mass is 10.4. The van der Waals surface area contributed by atoms with E-state index in [1.54, 1.807) is 0 Å². The molecule has 0 amide bonds. The van der Waals surface area contributed by atoms with Gasteiger partial charge in [-0.1, -0.05) is 0 Å². The van der Waals surface area contributed by atoms with Crippen LogP contribution in [0.3, 0.4) is 0 Å². The third-order valence-corrected chi connectivity index (χ3v) is 1.43. The Morgan fingerprint density at radius 1 is 1.50 bits per heavy atom. The summed E-state index contributed by atoms with van der Waals surface area (Å²) in [5, 5.41) is 0. The van der Waals surface area contributed by atoms with E-state index in [1.165, 1.54) is 0 Å². The number of rotatable bonds is 5. The lowest BCUT2D eigenvalue weighted by Crippen LogP contribution is -2.28. The van der Waals surface area contributed by atoms with Crippen LogP contribution in [0.1, 0.15) is 13.3 Å². The molecule has 0 fully saturated rings. The molecule has 62 valence electrons. The van der Waals surface area contributed by atoms with Crippen molar-refractivity contribution in [3.8, 4) is 0 Å². The molecule has 3 nitrogen and oxygen atoms in total. The zero-order valence-electron chi connectivity index (χ0n) is 7.13. The minimum absolute atomic E-state index is 0.201. The third kappa shape index (κ3) is 4.73. The second kappa shape index (κ2) is 5.65. The van der Waals surface area contributed by atoms with Crippen LogP contribution in [0, 0.1) is 0 Å². The summed E-state index contributed by atoms with van der Waals surface area (Å²) in [4.78, 5) is 2.02. The van der Waals surface area contributed by atoms with Crippen molar-refractivity contribution in [1.29, 1.82) is 0 Å². The maximum atomic E-state index is 5.39. The highest BCUT2D eigenvalue weighted by atomic mass is 16.5. The van der Waals surface area contributed by atoms with Crippen LogP contribution in [-0.2, 0) is 4.74 Å². The van der Waals surface area contributed by atoms with Gasteiger partial charge in [-0.15, -0.1) is 0 Å². The van der Waals surface area contributed by atoms with Gasteiger partial charge < -0.3 is 10.5 Å². The summed E-state index contributed by atoms with van der Waals surface area (Å²) >= 11 is 0. The lowest BCUT2D eigenvalue weighted by Gasteiger charge is -2.19. The number of ether oxygens (including phenoxy) is 1. The minimum Gasteiger partial charge on any atom is -0.363 e. The SMILES string of the molecule is CC(OCCCN)N(C)C. The van der Waals surface area contributed by atoms with Crippen molar-refractivity contribution in [3.05, 3.63) is 0 Å². The molecule has 0 aromatic carbocycles. The smallest absolute Gasteiger partial charge is 0.107 e. The molecular formula is C7H18N2O. The topological polar surface area (TPSA) is 38.5 Å². The largest absolute Gasteiger partial charge is 0.363 e. The molecular weight excluding hydrogens is 128 g/mol. The average Bonchev–Trinajstić information content (AvgIpc) is 1.88. The van der Waals surface area contributed by atoms with Crippen molar-refractivity contribution < 1.29 is 4.74 Å². The van der Waals surface area contributed by atoms with Gasteiger partial charge in [-0.05, 0) is 34.0 Å². The van der Waals surface area contributed by atoms with Gasteiger partial charge in [0, 0.05) is 6.61 Å². The second-order valence-corrected chi connectivity index (χ2v) is 2.58. The predicted molar refractivity (Wildman–Crippen MR) is 42.8 cm³/mol. The molecule has 1 atom stereocenters. The summed E-state index contributed by atoms with van der Waals surface area (Å²) in [6.07, 6.45) is 1.14. The molecule has 0 saturated heterocycles. The summed E-state index contributed by atoms with van der Waals surface area (Å²) < 4.78 is 5.39. The van der Waals surface area contributed by atoms with Crippen molar-refractivity contribution in [3.63, 3.8) is 0 Å². The molecule has 0 aliphatic carbocycles. The maximum Gasteiger partial charge on any atom is 0.107 e. The molecule has 0 aliphatic heterocycles. The Labute approximate surface area is 63.1 Å². The fraction of sp³-hybridized carbons (Fsp3) is 1.00. The number of nitrogens with two attached hydrogens (primary N) is 1.